The van der Waals surface area contributed by atoms with Crippen molar-refractivity contribution in [3.05, 3.63) is 89.5 Å². The summed E-state index contributed by atoms with van der Waals surface area (Å²) in [6.07, 6.45) is 1.33. The number of aliphatic hydroxyl groups is 1. The minimum absolute atomic E-state index is 0.00104. The molecule has 1 saturated heterocycles. The lowest BCUT2D eigenvalue weighted by atomic mass is 9.77. The molecule has 2 N–H and O–H groups in total. The maximum absolute atomic E-state index is 13.2. The molecular formula is C30H35N3O2. The van der Waals surface area contributed by atoms with Crippen LogP contribution in [0.25, 0.3) is 11.1 Å². The number of amides is 2. The van der Waals surface area contributed by atoms with Crippen molar-refractivity contribution in [2.45, 2.75) is 44.9 Å². The molecule has 2 aliphatic heterocycles. The molecule has 2 heterocycles. The van der Waals surface area contributed by atoms with E-state index in [0.29, 0.717) is 0 Å². The molecule has 5 rings (SSSR count). The minimum atomic E-state index is -0.493. The number of nitrogens with one attached hydrogen (secondary N) is 1. The van der Waals surface area contributed by atoms with Crippen LogP contribution in [0, 0.1) is 12.8 Å². The third-order valence-electron chi connectivity index (χ3n) is 7.94. The van der Waals surface area contributed by atoms with E-state index in [1.165, 1.54) is 27.8 Å². The Hall–Kier alpha value is -3.15. The van der Waals surface area contributed by atoms with Gasteiger partial charge in [0.1, 0.15) is 0 Å². The standard InChI is InChI=1S/C30H35N3O2/c1-20-9-7-8-12-25(20)23-14-13-22-15-16-33-19-27(21(2)34)28(18-29(33)26(22)17-23)32(3)30(35)31-24-10-5-4-6-11-24/h4-14,17,21,27-29,34H,15-16,18-19H2,1-3H3,(H,31,35)/t21-,27-,28-,29-/m0/s1. The second kappa shape index (κ2) is 9.84. The fourth-order valence-corrected chi connectivity index (χ4v) is 5.91. The molecule has 2 aliphatic rings. The van der Waals surface area contributed by atoms with Crippen LogP contribution in [0.3, 0.4) is 0 Å². The number of nitrogens with zero attached hydrogens (tertiary/aromatic N) is 2. The van der Waals surface area contributed by atoms with Gasteiger partial charge in [0, 0.05) is 43.8 Å². The Morgan fingerprint density at radius 3 is 2.57 bits per heavy atom. The van der Waals surface area contributed by atoms with E-state index in [0.717, 1.165) is 31.6 Å². The number of aryl methyl sites for hydroxylation is 1. The van der Waals surface area contributed by atoms with Crippen LogP contribution < -0.4 is 5.32 Å². The van der Waals surface area contributed by atoms with Crippen LogP contribution in [0.4, 0.5) is 10.5 Å². The third-order valence-corrected chi connectivity index (χ3v) is 7.94. The molecule has 1 fully saturated rings. The fourth-order valence-electron chi connectivity index (χ4n) is 5.91. The summed E-state index contributed by atoms with van der Waals surface area (Å²) in [5.41, 5.74) is 7.32. The third kappa shape index (κ3) is 4.71. The normalized spacial score (nSPS) is 22.6. The van der Waals surface area contributed by atoms with E-state index < -0.39 is 6.10 Å². The van der Waals surface area contributed by atoms with Gasteiger partial charge in [0.05, 0.1) is 6.10 Å². The number of hydrogen-bond donors (Lipinski definition) is 2. The van der Waals surface area contributed by atoms with Crippen LogP contribution >= 0.6 is 0 Å². The highest BCUT2D eigenvalue weighted by molar-refractivity contribution is 5.89. The number of para-hydroxylation sites is 1. The lowest BCUT2D eigenvalue weighted by molar-refractivity contribution is -0.0169. The van der Waals surface area contributed by atoms with Crippen molar-refractivity contribution in [1.29, 1.82) is 0 Å². The molecular weight excluding hydrogens is 434 g/mol. The lowest BCUT2D eigenvalue weighted by Crippen LogP contribution is -2.57. The van der Waals surface area contributed by atoms with Crippen molar-refractivity contribution < 1.29 is 9.90 Å². The highest BCUT2D eigenvalue weighted by Crippen LogP contribution is 2.42. The zero-order chi connectivity index (χ0) is 24.5. The van der Waals surface area contributed by atoms with Crippen molar-refractivity contribution in [2.24, 2.45) is 5.92 Å². The monoisotopic (exact) mass is 469 g/mol. The lowest BCUT2D eigenvalue weighted by Gasteiger charge is -2.50. The summed E-state index contributed by atoms with van der Waals surface area (Å²) in [4.78, 5) is 17.5. The van der Waals surface area contributed by atoms with Gasteiger partial charge in [-0.3, -0.25) is 4.90 Å². The summed E-state index contributed by atoms with van der Waals surface area (Å²) < 4.78 is 0. The second-order valence-corrected chi connectivity index (χ2v) is 10.1. The van der Waals surface area contributed by atoms with Gasteiger partial charge in [-0.2, -0.15) is 0 Å². The number of aliphatic hydroxyl groups excluding tert-OH is 1. The van der Waals surface area contributed by atoms with Gasteiger partial charge >= 0.3 is 6.03 Å². The van der Waals surface area contributed by atoms with Crippen molar-refractivity contribution in [3.8, 4) is 11.1 Å². The first kappa shape index (κ1) is 23.6. The van der Waals surface area contributed by atoms with E-state index in [2.05, 4.69) is 59.6 Å². The largest absolute Gasteiger partial charge is 0.393 e. The van der Waals surface area contributed by atoms with Crippen LogP contribution in [-0.2, 0) is 6.42 Å². The Bertz CT molecular complexity index is 1190. The molecule has 3 aromatic rings. The fraction of sp³-hybridized carbons (Fsp3) is 0.367. The minimum Gasteiger partial charge on any atom is -0.393 e. The van der Waals surface area contributed by atoms with Crippen LogP contribution in [0.1, 0.15) is 36.1 Å². The van der Waals surface area contributed by atoms with Crippen molar-refractivity contribution >= 4 is 11.7 Å². The van der Waals surface area contributed by atoms with Crippen molar-refractivity contribution in [1.82, 2.24) is 9.80 Å². The first-order chi connectivity index (χ1) is 16.9. The molecule has 2 amide bonds. The van der Waals surface area contributed by atoms with Gasteiger partial charge in [0.15, 0.2) is 0 Å². The molecule has 5 heteroatoms. The molecule has 0 unspecified atom stereocenters. The zero-order valence-corrected chi connectivity index (χ0v) is 20.8. The summed E-state index contributed by atoms with van der Waals surface area (Å²) in [6, 6.07) is 25.0. The summed E-state index contributed by atoms with van der Waals surface area (Å²) in [6.45, 7) is 5.78. The Kier molecular flexibility index (Phi) is 6.63. The number of rotatable bonds is 4. The highest BCUT2D eigenvalue weighted by atomic mass is 16.3. The van der Waals surface area contributed by atoms with Gasteiger partial charge in [0.2, 0.25) is 0 Å². The maximum atomic E-state index is 13.2. The number of fused-ring (bicyclic) bond motifs is 3. The number of anilines is 1. The molecule has 0 aromatic heterocycles. The van der Waals surface area contributed by atoms with E-state index in [4.69, 9.17) is 0 Å². The molecule has 35 heavy (non-hydrogen) atoms. The summed E-state index contributed by atoms with van der Waals surface area (Å²) in [5.74, 6) is -0.00104. The smallest absolute Gasteiger partial charge is 0.321 e. The summed E-state index contributed by atoms with van der Waals surface area (Å²) >= 11 is 0. The molecule has 0 spiro atoms. The molecule has 5 nitrogen and oxygen atoms in total. The molecule has 0 saturated carbocycles. The highest BCUT2D eigenvalue weighted by Gasteiger charge is 2.43. The van der Waals surface area contributed by atoms with E-state index in [9.17, 15) is 9.90 Å². The number of piperidine rings is 1. The van der Waals surface area contributed by atoms with Gasteiger partial charge in [-0.1, -0.05) is 54.6 Å². The Morgan fingerprint density at radius 1 is 1.09 bits per heavy atom. The SMILES string of the molecule is Cc1ccccc1-c1ccc2c(c1)[C@@H]1C[C@H](N(C)C(=O)Nc3ccccc3)[C@H]([C@H](C)O)CN1CC2. The van der Waals surface area contributed by atoms with E-state index in [1.54, 1.807) is 4.90 Å². The van der Waals surface area contributed by atoms with Crippen LogP contribution in [0.15, 0.2) is 72.8 Å². The zero-order valence-electron chi connectivity index (χ0n) is 20.8. The second-order valence-electron chi connectivity index (χ2n) is 10.1. The number of hydrogen-bond acceptors (Lipinski definition) is 3. The van der Waals surface area contributed by atoms with E-state index in [1.807, 2.05) is 44.3 Å². The topological polar surface area (TPSA) is 55.8 Å². The average molecular weight is 470 g/mol. The molecule has 4 atom stereocenters. The molecule has 182 valence electrons. The Morgan fingerprint density at radius 2 is 1.83 bits per heavy atom. The van der Waals surface area contributed by atoms with Gasteiger partial charge in [-0.15, -0.1) is 0 Å². The first-order valence-electron chi connectivity index (χ1n) is 12.6. The molecule has 3 aromatic carbocycles. The quantitative estimate of drug-likeness (QED) is 0.531. The van der Waals surface area contributed by atoms with Gasteiger partial charge in [-0.05, 0) is 72.7 Å². The predicted molar refractivity (Wildman–Crippen MR) is 141 cm³/mol. The Balaban J connectivity index is 1.44. The number of carbonyl (C=O) groups excluding carboxylic acids is 1. The molecule has 0 aliphatic carbocycles. The number of benzene rings is 3. The number of carbonyl (C=O) groups is 1. The summed E-state index contributed by atoms with van der Waals surface area (Å²) in [5, 5.41) is 13.7. The van der Waals surface area contributed by atoms with Crippen LogP contribution in [-0.4, -0.2) is 53.2 Å². The Labute approximate surface area is 208 Å². The van der Waals surface area contributed by atoms with Crippen molar-refractivity contribution in [2.75, 3.05) is 25.5 Å². The number of urea groups is 1. The molecule has 0 radical (unpaired) electrons. The summed E-state index contributed by atoms with van der Waals surface area (Å²) in [7, 11) is 1.86. The average Bonchev–Trinajstić information content (AvgIpc) is 2.88. The van der Waals surface area contributed by atoms with Crippen LogP contribution in [0.2, 0.25) is 0 Å². The predicted octanol–water partition coefficient (Wildman–Crippen LogP) is 5.49. The van der Waals surface area contributed by atoms with Gasteiger partial charge < -0.3 is 15.3 Å². The molecule has 0 bridgehead atoms. The van der Waals surface area contributed by atoms with E-state index >= 15 is 0 Å². The maximum Gasteiger partial charge on any atom is 0.321 e. The van der Waals surface area contributed by atoms with Crippen molar-refractivity contribution in [3.63, 3.8) is 0 Å². The van der Waals surface area contributed by atoms with Crippen LogP contribution in [0.5, 0.6) is 0 Å². The van der Waals surface area contributed by atoms with Gasteiger partial charge in [0.25, 0.3) is 0 Å². The van der Waals surface area contributed by atoms with E-state index in [-0.39, 0.29) is 24.0 Å². The van der Waals surface area contributed by atoms with Gasteiger partial charge in [-0.25, -0.2) is 4.79 Å². The first-order valence-corrected chi connectivity index (χ1v) is 12.6.